The number of carbonyl (C=O) groups excluding carboxylic acids is 1. The van der Waals surface area contributed by atoms with Crippen molar-refractivity contribution < 1.29 is 4.79 Å². The average Bonchev–Trinajstić information content (AvgIpc) is 3.18. The topological polar surface area (TPSA) is 61.2 Å². The number of carbonyl (C=O) groups is 1. The Morgan fingerprint density at radius 1 is 1.00 bits per heavy atom. The molecule has 4 heterocycles. The number of anilines is 2. The molecule has 2 aliphatic heterocycles. The maximum atomic E-state index is 13.8. The molecule has 5 rings (SSSR count). The van der Waals surface area contributed by atoms with Crippen LogP contribution in [0.25, 0.3) is 11.7 Å². The second-order valence-corrected chi connectivity index (χ2v) is 11.1. The largest absolute Gasteiger partial charge is 0.368 e. The Bertz CT molecular complexity index is 1410. The van der Waals surface area contributed by atoms with Gasteiger partial charge in [-0.3, -0.25) is 18.9 Å². The van der Waals surface area contributed by atoms with Crippen LogP contribution in [0.3, 0.4) is 0 Å². The van der Waals surface area contributed by atoms with Crippen molar-refractivity contribution in [3.63, 3.8) is 0 Å². The standard InChI is InChI=1S/C28H31N5O2S2/c1-3-4-8-13-32-27(35)23(37-28(32)36)18-22-25(29-24-12-11-20(2)19-33(24)26(22)34)31-16-14-30(15-17-31)21-9-6-5-7-10-21/h5-7,9-12,18-19H,3-4,8,13-17H2,1-2H3/b23-18-. The number of amides is 1. The lowest BCUT2D eigenvalue weighted by Crippen LogP contribution is -2.47. The highest BCUT2D eigenvalue weighted by atomic mass is 32.2. The van der Waals surface area contributed by atoms with Gasteiger partial charge in [-0.05, 0) is 43.2 Å². The van der Waals surface area contributed by atoms with Gasteiger partial charge in [0.25, 0.3) is 11.5 Å². The second kappa shape index (κ2) is 11.1. The van der Waals surface area contributed by atoms with Crippen LogP contribution < -0.4 is 15.4 Å². The van der Waals surface area contributed by atoms with Crippen LogP contribution in [0, 0.1) is 6.92 Å². The van der Waals surface area contributed by atoms with E-state index in [1.807, 2.05) is 37.3 Å². The molecule has 7 nitrogen and oxygen atoms in total. The molecule has 2 fully saturated rings. The van der Waals surface area contributed by atoms with E-state index in [0.717, 1.165) is 51.0 Å². The highest BCUT2D eigenvalue weighted by Crippen LogP contribution is 2.34. The number of pyridine rings is 1. The van der Waals surface area contributed by atoms with Crippen molar-refractivity contribution >= 4 is 57.4 Å². The van der Waals surface area contributed by atoms with E-state index in [-0.39, 0.29) is 11.5 Å². The van der Waals surface area contributed by atoms with Crippen molar-refractivity contribution in [2.75, 3.05) is 42.5 Å². The van der Waals surface area contributed by atoms with E-state index < -0.39 is 0 Å². The van der Waals surface area contributed by atoms with Gasteiger partial charge in [0.1, 0.15) is 15.8 Å². The normalized spacial score (nSPS) is 17.5. The van der Waals surface area contributed by atoms with Crippen LogP contribution in [0.15, 0.2) is 58.4 Å². The summed E-state index contributed by atoms with van der Waals surface area (Å²) in [5, 5.41) is 0. The van der Waals surface area contributed by atoms with E-state index in [1.54, 1.807) is 21.6 Å². The molecule has 2 aromatic heterocycles. The Labute approximate surface area is 226 Å². The van der Waals surface area contributed by atoms with E-state index >= 15 is 0 Å². The number of rotatable bonds is 7. The molecule has 0 bridgehead atoms. The van der Waals surface area contributed by atoms with Gasteiger partial charge in [0.15, 0.2) is 0 Å². The van der Waals surface area contributed by atoms with Gasteiger partial charge in [0.05, 0.1) is 10.5 Å². The predicted molar refractivity (Wildman–Crippen MR) is 156 cm³/mol. The minimum Gasteiger partial charge on any atom is -0.368 e. The molecule has 1 amide bonds. The first-order valence-corrected chi connectivity index (χ1v) is 14.0. The van der Waals surface area contributed by atoms with Crippen LogP contribution in [0.4, 0.5) is 11.5 Å². The number of thiocarbonyl (C=S) groups is 1. The summed E-state index contributed by atoms with van der Waals surface area (Å²) in [4.78, 5) is 38.6. The second-order valence-electron chi connectivity index (χ2n) is 9.44. The van der Waals surface area contributed by atoms with Gasteiger partial charge in [0, 0.05) is 44.6 Å². The Morgan fingerprint density at radius 3 is 2.46 bits per heavy atom. The molecule has 3 aromatic rings. The zero-order chi connectivity index (χ0) is 25.9. The van der Waals surface area contributed by atoms with Crippen LogP contribution in [-0.4, -0.2) is 57.2 Å². The number of aromatic nitrogens is 2. The lowest BCUT2D eigenvalue weighted by Gasteiger charge is -2.37. The molecule has 0 atom stereocenters. The number of benzene rings is 1. The Morgan fingerprint density at radius 2 is 1.73 bits per heavy atom. The Kier molecular flexibility index (Phi) is 7.62. The molecule has 2 saturated heterocycles. The van der Waals surface area contributed by atoms with E-state index in [2.05, 4.69) is 28.9 Å². The minimum atomic E-state index is -0.176. The zero-order valence-electron chi connectivity index (χ0n) is 21.2. The monoisotopic (exact) mass is 533 g/mol. The number of piperazine rings is 1. The molecule has 0 radical (unpaired) electrons. The van der Waals surface area contributed by atoms with E-state index in [1.165, 1.54) is 17.4 Å². The van der Waals surface area contributed by atoms with Gasteiger partial charge in [0.2, 0.25) is 0 Å². The first-order valence-electron chi connectivity index (χ1n) is 12.8. The first kappa shape index (κ1) is 25.5. The molecule has 192 valence electrons. The summed E-state index contributed by atoms with van der Waals surface area (Å²) in [5.41, 5.74) is 3.01. The molecule has 9 heteroatoms. The first-order chi connectivity index (χ1) is 18.0. The lowest BCUT2D eigenvalue weighted by atomic mass is 10.2. The summed E-state index contributed by atoms with van der Waals surface area (Å²) in [7, 11) is 0. The SMILES string of the molecule is CCCCCN1C(=O)/C(=C/c2c(N3CCN(c4ccccc4)CC3)nc3ccc(C)cn3c2=O)SC1=S. The van der Waals surface area contributed by atoms with Crippen molar-refractivity contribution in [3.05, 3.63) is 75.0 Å². The number of unbranched alkanes of at least 4 members (excludes halogenated alkanes) is 2. The molecule has 37 heavy (non-hydrogen) atoms. The third-order valence-corrected chi connectivity index (χ3v) is 8.20. The average molecular weight is 534 g/mol. The van der Waals surface area contributed by atoms with Gasteiger partial charge in [-0.1, -0.05) is 68.0 Å². The molecule has 2 aliphatic rings. The summed E-state index contributed by atoms with van der Waals surface area (Å²) >= 11 is 6.79. The molecule has 0 unspecified atom stereocenters. The van der Waals surface area contributed by atoms with Gasteiger partial charge < -0.3 is 9.80 Å². The fourth-order valence-electron chi connectivity index (χ4n) is 4.77. The van der Waals surface area contributed by atoms with Crippen LogP contribution in [0.1, 0.15) is 37.3 Å². The van der Waals surface area contributed by atoms with Gasteiger partial charge in [-0.15, -0.1) is 0 Å². The molecule has 1 aromatic carbocycles. The summed E-state index contributed by atoms with van der Waals surface area (Å²) in [6, 6.07) is 14.2. The number of hydrogen-bond acceptors (Lipinski definition) is 7. The van der Waals surface area contributed by atoms with Crippen molar-refractivity contribution in [1.82, 2.24) is 14.3 Å². The highest BCUT2D eigenvalue weighted by Gasteiger charge is 2.33. The van der Waals surface area contributed by atoms with Crippen LogP contribution in [0.5, 0.6) is 0 Å². The number of fused-ring (bicyclic) bond motifs is 1. The third-order valence-electron chi connectivity index (χ3n) is 6.82. The van der Waals surface area contributed by atoms with Crippen molar-refractivity contribution in [3.8, 4) is 0 Å². The molecule has 0 aliphatic carbocycles. The molecule has 0 saturated carbocycles. The summed E-state index contributed by atoms with van der Waals surface area (Å²) in [5.74, 6) is 0.498. The number of para-hydroxylation sites is 1. The zero-order valence-corrected chi connectivity index (χ0v) is 22.9. The number of thioether (sulfide) groups is 1. The number of aryl methyl sites for hydroxylation is 1. The van der Waals surface area contributed by atoms with Crippen molar-refractivity contribution in [2.24, 2.45) is 0 Å². The maximum absolute atomic E-state index is 13.8. The fourth-order valence-corrected chi connectivity index (χ4v) is 6.06. The van der Waals surface area contributed by atoms with E-state index in [0.29, 0.717) is 32.8 Å². The third kappa shape index (κ3) is 5.29. The Balaban J connectivity index is 1.50. The van der Waals surface area contributed by atoms with Crippen LogP contribution >= 0.6 is 24.0 Å². The number of hydrogen-bond donors (Lipinski definition) is 0. The van der Waals surface area contributed by atoms with Gasteiger partial charge in [-0.2, -0.15) is 0 Å². The van der Waals surface area contributed by atoms with Crippen LogP contribution in [0.2, 0.25) is 0 Å². The minimum absolute atomic E-state index is 0.125. The van der Waals surface area contributed by atoms with Gasteiger partial charge in [-0.25, -0.2) is 4.98 Å². The van der Waals surface area contributed by atoms with Gasteiger partial charge >= 0.3 is 0 Å². The van der Waals surface area contributed by atoms with E-state index in [9.17, 15) is 9.59 Å². The summed E-state index contributed by atoms with van der Waals surface area (Å²) < 4.78 is 2.13. The smallest absolute Gasteiger partial charge is 0.267 e. The fraction of sp³-hybridized carbons (Fsp3) is 0.357. The molecule has 0 spiro atoms. The molecular formula is C28H31N5O2S2. The summed E-state index contributed by atoms with van der Waals surface area (Å²) in [6.45, 7) is 7.77. The van der Waals surface area contributed by atoms with E-state index in [4.69, 9.17) is 17.2 Å². The summed E-state index contributed by atoms with van der Waals surface area (Å²) in [6.07, 6.45) is 6.54. The lowest BCUT2D eigenvalue weighted by molar-refractivity contribution is -0.122. The maximum Gasteiger partial charge on any atom is 0.267 e. The van der Waals surface area contributed by atoms with Crippen molar-refractivity contribution in [1.29, 1.82) is 0 Å². The molecule has 0 N–H and O–H groups in total. The predicted octanol–water partition coefficient (Wildman–Crippen LogP) is 4.72. The quantitative estimate of drug-likeness (QED) is 0.247. The highest BCUT2D eigenvalue weighted by molar-refractivity contribution is 8.26. The van der Waals surface area contributed by atoms with Crippen molar-refractivity contribution in [2.45, 2.75) is 33.1 Å². The molecular weight excluding hydrogens is 502 g/mol. The Hall–Kier alpha value is -3.17. The van der Waals surface area contributed by atoms with Crippen LogP contribution in [-0.2, 0) is 4.79 Å². The number of nitrogens with zero attached hydrogens (tertiary/aromatic N) is 5.